The Labute approximate surface area is 96.3 Å². The molecule has 0 aliphatic heterocycles. The zero-order valence-corrected chi connectivity index (χ0v) is 10.4. The summed E-state index contributed by atoms with van der Waals surface area (Å²) in [7, 11) is 0. The molecule has 0 N–H and O–H groups in total. The fourth-order valence-electron chi connectivity index (χ4n) is 1.24. The molecule has 0 amide bonds. The number of hydrogen-bond acceptors (Lipinski definition) is 2. The third-order valence-corrected chi connectivity index (χ3v) is 3.82. The molecule has 1 rings (SSSR count). The maximum Gasteiger partial charge on any atom is 0.145 e. The number of benzene rings is 1. The van der Waals surface area contributed by atoms with Crippen molar-refractivity contribution in [3.63, 3.8) is 0 Å². The van der Waals surface area contributed by atoms with Crippen molar-refractivity contribution in [1.29, 1.82) is 0 Å². The number of carbonyl (C=O) groups excluding carboxylic acids is 1. The van der Waals surface area contributed by atoms with Crippen LogP contribution in [0.1, 0.15) is 25.8 Å². The van der Waals surface area contributed by atoms with Crippen molar-refractivity contribution in [2.45, 2.75) is 32.1 Å². The van der Waals surface area contributed by atoms with Gasteiger partial charge in [0.25, 0.3) is 0 Å². The third kappa shape index (κ3) is 3.71. The van der Waals surface area contributed by atoms with E-state index in [1.165, 1.54) is 10.5 Å². The van der Waals surface area contributed by atoms with Gasteiger partial charge in [-0.1, -0.05) is 32.0 Å². The predicted molar refractivity (Wildman–Crippen MR) is 66.4 cm³/mol. The van der Waals surface area contributed by atoms with Crippen LogP contribution in [0.4, 0.5) is 0 Å². The lowest BCUT2D eigenvalue weighted by Gasteiger charge is -2.08. The number of carbonyl (C=O) groups is 1. The highest BCUT2D eigenvalue weighted by atomic mass is 32.2. The Morgan fingerprint density at radius 1 is 1.40 bits per heavy atom. The second kappa shape index (κ2) is 5.96. The van der Waals surface area contributed by atoms with Gasteiger partial charge in [0.15, 0.2) is 0 Å². The van der Waals surface area contributed by atoms with E-state index in [0.29, 0.717) is 11.5 Å². The molecular weight excluding hydrogens is 204 g/mol. The summed E-state index contributed by atoms with van der Waals surface area (Å²) >= 11 is 1.65. The number of aryl methyl sites for hydroxylation is 1. The molecule has 1 aromatic rings. The van der Waals surface area contributed by atoms with Gasteiger partial charge in [-0.2, -0.15) is 0 Å². The summed E-state index contributed by atoms with van der Waals surface area (Å²) in [6.45, 7) is 6.14. The summed E-state index contributed by atoms with van der Waals surface area (Å²) in [4.78, 5) is 12.9. The molecule has 0 heterocycles. The number of thioether (sulfide) groups is 1. The lowest BCUT2D eigenvalue weighted by atomic mass is 10.1. The molecule has 1 atom stereocenters. The second-order valence-electron chi connectivity index (χ2n) is 3.83. The molecule has 0 radical (unpaired) electrons. The molecule has 0 bridgehead atoms. The Kier molecular flexibility index (Phi) is 4.89. The summed E-state index contributed by atoms with van der Waals surface area (Å²) in [5.41, 5.74) is 1.25. The standard InChI is InChI=1S/C13H18OS/c1-4-10(2)12(14)9-15-13-8-6-5-7-11(13)3/h5-8,10H,4,9H2,1-3H3. The Hall–Kier alpha value is -0.760. The molecule has 0 saturated heterocycles. The van der Waals surface area contributed by atoms with E-state index >= 15 is 0 Å². The topological polar surface area (TPSA) is 17.1 Å². The van der Waals surface area contributed by atoms with Gasteiger partial charge in [0, 0.05) is 10.8 Å². The SMILES string of the molecule is CCC(C)C(=O)CSc1ccccc1C. The molecule has 1 unspecified atom stereocenters. The molecule has 0 aromatic heterocycles. The van der Waals surface area contributed by atoms with E-state index in [4.69, 9.17) is 0 Å². The van der Waals surface area contributed by atoms with Gasteiger partial charge in [-0.05, 0) is 25.0 Å². The number of Topliss-reactive ketones (excluding diaryl/α,β-unsaturated/α-hetero) is 1. The quantitative estimate of drug-likeness (QED) is 0.707. The second-order valence-corrected chi connectivity index (χ2v) is 4.85. The minimum Gasteiger partial charge on any atom is -0.298 e. The molecule has 0 fully saturated rings. The van der Waals surface area contributed by atoms with Crippen LogP contribution in [-0.2, 0) is 4.79 Å². The molecule has 0 saturated carbocycles. The Balaban J connectivity index is 2.51. The van der Waals surface area contributed by atoms with Gasteiger partial charge in [0.05, 0.1) is 5.75 Å². The fourth-order valence-corrected chi connectivity index (χ4v) is 2.29. The Morgan fingerprint density at radius 2 is 2.07 bits per heavy atom. The van der Waals surface area contributed by atoms with Crippen LogP contribution >= 0.6 is 11.8 Å². The van der Waals surface area contributed by atoms with Crippen molar-refractivity contribution in [2.75, 3.05) is 5.75 Å². The minimum atomic E-state index is 0.196. The van der Waals surface area contributed by atoms with Crippen LogP contribution in [0.25, 0.3) is 0 Å². The first-order valence-electron chi connectivity index (χ1n) is 5.36. The summed E-state index contributed by atoms with van der Waals surface area (Å²) in [5.74, 6) is 1.15. The van der Waals surface area contributed by atoms with Gasteiger partial charge in [0.2, 0.25) is 0 Å². The van der Waals surface area contributed by atoms with E-state index in [0.717, 1.165) is 6.42 Å². The Morgan fingerprint density at radius 3 is 2.67 bits per heavy atom. The molecule has 0 aliphatic rings. The first-order valence-corrected chi connectivity index (χ1v) is 6.34. The summed E-state index contributed by atoms with van der Waals surface area (Å²) < 4.78 is 0. The molecule has 2 heteroatoms. The highest BCUT2D eigenvalue weighted by Gasteiger charge is 2.11. The van der Waals surface area contributed by atoms with Crippen molar-refractivity contribution < 1.29 is 4.79 Å². The molecule has 15 heavy (non-hydrogen) atoms. The van der Waals surface area contributed by atoms with E-state index in [2.05, 4.69) is 26.0 Å². The van der Waals surface area contributed by atoms with Gasteiger partial charge in [-0.3, -0.25) is 4.79 Å². The van der Waals surface area contributed by atoms with E-state index in [9.17, 15) is 4.79 Å². The van der Waals surface area contributed by atoms with E-state index < -0.39 is 0 Å². The summed E-state index contributed by atoms with van der Waals surface area (Å²) in [6.07, 6.45) is 0.938. The third-order valence-electron chi connectivity index (χ3n) is 2.63. The maximum absolute atomic E-state index is 11.6. The fraction of sp³-hybridized carbons (Fsp3) is 0.462. The van der Waals surface area contributed by atoms with Crippen molar-refractivity contribution in [1.82, 2.24) is 0 Å². The van der Waals surface area contributed by atoms with E-state index in [1.807, 2.05) is 19.1 Å². The average molecular weight is 222 g/mol. The van der Waals surface area contributed by atoms with Gasteiger partial charge < -0.3 is 0 Å². The van der Waals surface area contributed by atoms with Crippen molar-refractivity contribution in [3.05, 3.63) is 29.8 Å². The number of hydrogen-bond donors (Lipinski definition) is 0. The van der Waals surface area contributed by atoms with Crippen molar-refractivity contribution in [2.24, 2.45) is 5.92 Å². The summed E-state index contributed by atoms with van der Waals surface area (Å²) in [5, 5.41) is 0. The Bertz CT molecular complexity index is 333. The van der Waals surface area contributed by atoms with E-state index in [-0.39, 0.29) is 5.92 Å². The smallest absolute Gasteiger partial charge is 0.145 e. The zero-order chi connectivity index (χ0) is 11.3. The molecule has 82 valence electrons. The van der Waals surface area contributed by atoms with Crippen LogP contribution in [0.15, 0.2) is 29.2 Å². The van der Waals surface area contributed by atoms with Crippen molar-refractivity contribution >= 4 is 17.5 Å². The van der Waals surface area contributed by atoms with E-state index in [1.54, 1.807) is 11.8 Å². The average Bonchev–Trinajstić information content (AvgIpc) is 2.26. The summed E-state index contributed by atoms with van der Waals surface area (Å²) in [6, 6.07) is 8.19. The predicted octanol–water partition coefficient (Wildman–Crippen LogP) is 3.70. The van der Waals surface area contributed by atoms with Gasteiger partial charge >= 0.3 is 0 Å². The first-order chi connectivity index (χ1) is 7.15. The van der Waals surface area contributed by atoms with Gasteiger partial charge in [-0.15, -0.1) is 11.8 Å². The highest BCUT2D eigenvalue weighted by molar-refractivity contribution is 8.00. The normalized spacial score (nSPS) is 12.5. The number of rotatable bonds is 5. The van der Waals surface area contributed by atoms with Crippen LogP contribution in [0.5, 0.6) is 0 Å². The van der Waals surface area contributed by atoms with Crippen molar-refractivity contribution in [3.8, 4) is 0 Å². The molecule has 0 aliphatic carbocycles. The van der Waals surface area contributed by atoms with Crippen LogP contribution in [0.3, 0.4) is 0 Å². The monoisotopic (exact) mass is 222 g/mol. The lowest BCUT2D eigenvalue weighted by molar-refractivity contribution is -0.119. The van der Waals surface area contributed by atoms with Crippen LogP contribution < -0.4 is 0 Å². The lowest BCUT2D eigenvalue weighted by Crippen LogP contribution is -2.12. The van der Waals surface area contributed by atoms with Crippen LogP contribution in [0, 0.1) is 12.8 Å². The van der Waals surface area contributed by atoms with Crippen LogP contribution in [0.2, 0.25) is 0 Å². The van der Waals surface area contributed by atoms with Crippen LogP contribution in [-0.4, -0.2) is 11.5 Å². The van der Waals surface area contributed by atoms with Gasteiger partial charge in [-0.25, -0.2) is 0 Å². The highest BCUT2D eigenvalue weighted by Crippen LogP contribution is 2.22. The number of ketones is 1. The maximum atomic E-state index is 11.6. The largest absolute Gasteiger partial charge is 0.298 e. The molecule has 1 aromatic carbocycles. The first kappa shape index (κ1) is 12.3. The molecular formula is C13H18OS. The molecule has 1 nitrogen and oxygen atoms in total. The minimum absolute atomic E-state index is 0.196. The molecule has 0 spiro atoms. The zero-order valence-electron chi connectivity index (χ0n) is 9.62. The van der Waals surface area contributed by atoms with Gasteiger partial charge in [0.1, 0.15) is 5.78 Å².